The summed E-state index contributed by atoms with van der Waals surface area (Å²) in [7, 11) is 0. The fourth-order valence-corrected chi connectivity index (χ4v) is 2.05. The lowest BCUT2D eigenvalue weighted by Crippen LogP contribution is -2.50. The maximum absolute atomic E-state index is 11.6. The molecule has 1 atom stereocenters. The summed E-state index contributed by atoms with van der Waals surface area (Å²) in [5, 5.41) is 14.6. The molecule has 0 aliphatic carbocycles. The number of H-pyrrole nitrogens is 1. The van der Waals surface area contributed by atoms with Crippen molar-refractivity contribution in [2.24, 2.45) is 5.92 Å². The highest BCUT2D eigenvalue weighted by molar-refractivity contribution is 5.86. The molecule has 0 radical (unpaired) electrons. The van der Waals surface area contributed by atoms with Crippen molar-refractivity contribution in [3.05, 3.63) is 36.0 Å². The Morgan fingerprint density at radius 2 is 2.00 bits per heavy atom. The molecule has 1 aromatic heterocycles. The van der Waals surface area contributed by atoms with Crippen LogP contribution in [0.2, 0.25) is 0 Å². The molecule has 0 spiro atoms. The molecule has 2 rings (SSSR count). The molecule has 1 aromatic carbocycles. The zero-order valence-electron chi connectivity index (χ0n) is 11.5. The van der Waals surface area contributed by atoms with Crippen LogP contribution in [-0.2, 0) is 16.0 Å². The first-order valence-electron chi connectivity index (χ1n) is 6.55. The van der Waals surface area contributed by atoms with Crippen LogP contribution in [0.3, 0.4) is 0 Å². The van der Waals surface area contributed by atoms with Crippen molar-refractivity contribution < 1.29 is 14.7 Å². The Kier molecular flexibility index (Phi) is 4.08. The third kappa shape index (κ3) is 2.99. The van der Waals surface area contributed by atoms with Gasteiger partial charge in [-0.2, -0.15) is 0 Å². The number of carbonyl (C=O) groups is 2. The summed E-state index contributed by atoms with van der Waals surface area (Å²) < 4.78 is 0. The number of para-hydroxylation sites is 1. The third-order valence-corrected chi connectivity index (χ3v) is 3.22. The van der Waals surface area contributed by atoms with Crippen LogP contribution in [0.5, 0.6) is 0 Å². The van der Waals surface area contributed by atoms with E-state index >= 15 is 0 Å². The molecule has 5 nitrogen and oxygen atoms in total. The largest absolute Gasteiger partial charge is 0.548 e. The highest BCUT2D eigenvalue weighted by Crippen LogP contribution is 2.19. The number of nitrogens with one attached hydrogen (secondary N) is 2. The second-order valence-electron chi connectivity index (χ2n) is 5.10. The summed E-state index contributed by atoms with van der Waals surface area (Å²) >= 11 is 0. The van der Waals surface area contributed by atoms with Crippen LogP contribution in [-0.4, -0.2) is 22.9 Å². The molecule has 2 aromatic rings. The van der Waals surface area contributed by atoms with E-state index in [2.05, 4.69) is 10.3 Å². The molecule has 106 valence electrons. The molecule has 20 heavy (non-hydrogen) atoms. The zero-order valence-corrected chi connectivity index (χ0v) is 11.5. The first kappa shape index (κ1) is 14.1. The maximum atomic E-state index is 11.6. The van der Waals surface area contributed by atoms with Crippen LogP contribution in [0.1, 0.15) is 19.4 Å². The van der Waals surface area contributed by atoms with Gasteiger partial charge in [-0.25, -0.2) is 0 Å². The van der Waals surface area contributed by atoms with Gasteiger partial charge in [0.15, 0.2) is 0 Å². The van der Waals surface area contributed by atoms with E-state index in [1.165, 1.54) is 0 Å². The SMILES string of the molecule is CC(C)C(=O)N[C@@H](Cc1c[nH]c2ccccc12)C(=O)[O-]. The van der Waals surface area contributed by atoms with Gasteiger partial charge in [-0.1, -0.05) is 32.0 Å². The molecule has 0 bridgehead atoms. The van der Waals surface area contributed by atoms with Gasteiger partial charge in [0, 0.05) is 29.4 Å². The number of rotatable bonds is 5. The Morgan fingerprint density at radius 3 is 2.65 bits per heavy atom. The third-order valence-electron chi connectivity index (χ3n) is 3.22. The van der Waals surface area contributed by atoms with Gasteiger partial charge < -0.3 is 20.2 Å². The predicted octanol–water partition coefficient (Wildman–Crippen LogP) is 0.601. The first-order chi connectivity index (χ1) is 9.49. The fraction of sp³-hybridized carbons (Fsp3) is 0.333. The van der Waals surface area contributed by atoms with Gasteiger partial charge in [-0.15, -0.1) is 0 Å². The second kappa shape index (κ2) is 5.77. The number of aliphatic carboxylic acids is 1. The second-order valence-corrected chi connectivity index (χ2v) is 5.10. The molecule has 1 heterocycles. The van der Waals surface area contributed by atoms with Crippen LogP contribution in [0.25, 0.3) is 10.9 Å². The number of hydrogen-bond donors (Lipinski definition) is 2. The highest BCUT2D eigenvalue weighted by Gasteiger charge is 2.17. The van der Waals surface area contributed by atoms with Crippen LogP contribution in [0, 0.1) is 5.92 Å². The molecule has 5 heteroatoms. The number of fused-ring (bicyclic) bond motifs is 1. The molecule has 2 N–H and O–H groups in total. The molecular weight excluding hydrogens is 256 g/mol. The number of aromatic nitrogens is 1. The summed E-state index contributed by atoms with van der Waals surface area (Å²) in [6.45, 7) is 3.43. The van der Waals surface area contributed by atoms with Crippen LogP contribution >= 0.6 is 0 Å². The molecule has 1 amide bonds. The number of aromatic amines is 1. The molecular formula is C15H17N2O3-. The number of amides is 1. The first-order valence-corrected chi connectivity index (χ1v) is 6.55. The molecule has 0 saturated carbocycles. The Labute approximate surface area is 117 Å². The quantitative estimate of drug-likeness (QED) is 0.836. The fourth-order valence-electron chi connectivity index (χ4n) is 2.05. The maximum Gasteiger partial charge on any atom is 0.223 e. The Balaban J connectivity index is 2.20. The van der Waals surface area contributed by atoms with Gasteiger partial charge in [0.1, 0.15) is 0 Å². The van der Waals surface area contributed by atoms with Crippen molar-refractivity contribution in [3.63, 3.8) is 0 Å². The number of carbonyl (C=O) groups excluding carboxylic acids is 2. The van der Waals surface area contributed by atoms with E-state index in [9.17, 15) is 14.7 Å². The van der Waals surface area contributed by atoms with E-state index in [0.29, 0.717) is 0 Å². The van der Waals surface area contributed by atoms with E-state index in [1.54, 1.807) is 20.0 Å². The standard InChI is InChI=1S/C15H18N2O3/c1-9(2)14(18)17-13(15(19)20)7-10-8-16-12-6-4-3-5-11(10)12/h3-6,8-9,13,16H,7H2,1-2H3,(H,17,18)(H,19,20)/p-1/t13-/m0/s1. The minimum Gasteiger partial charge on any atom is -0.548 e. The monoisotopic (exact) mass is 273 g/mol. The van der Waals surface area contributed by atoms with E-state index in [-0.39, 0.29) is 18.2 Å². The molecule has 0 fully saturated rings. The number of hydrogen-bond acceptors (Lipinski definition) is 3. The van der Waals surface area contributed by atoms with Crippen LogP contribution in [0.4, 0.5) is 0 Å². The van der Waals surface area contributed by atoms with Crippen molar-refractivity contribution in [3.8, 4) is 0 Å². The predicted molar refractivity (Wildman–Crippen MR) is 73.8 cm³/mol. The summed E-state index contributed by atoms with van der Waals surface area (Å²) in [5.41, 5.74) is 1.79. The summed E-state index contributed by atoms with van der Waals surface area (Å²) in [6, 6.07) is 6.60. The number of carboxylic acid groups (broad SMARTS) is 1. The zero-order chi connectivity index (χ0) is 14.7. The smallest absolute Gasteiger partial charge is 0.223 e. The van der Waals surface area contributed by atoms with Crippen LogP contribution < -0.4 is 10.4 Å². The average molecular weight is 273 g/mol. The molecule has 0 aliphatic heterocycles. The molecule has 0 unspecified atom stereocenters. The lowest BCUT2D eigenvalue weighted by molar-refractivity contribution is -0.308. The number of carboxylic acids is 1. The van der Waals surface area contributed by atoms with E-state index in [4.69, 9.17) is 0 Å². The van der Waals surface area contributed by atoms with Crippen molar-refractivity contribution in [1.82, 2.24) is 10.3 Å². The number of benzene rings is 1. The minimum atomic E-state index is -1.27. The van der Waals surface area contributed by atoms with Crippen molar-refractivity contribution in [2.75, 3.05) is 0 Å². The van der Waals surface area contributed by atoms with Gasteiger partial charge >= 0.3 is 0 Å². The van der Waals surface area contributed by atoms with Gasteiger partial charge in [0.05, 0.1) is 12.0 Å². The average Bonchev–Trinajstić information content (AvgIpc) is 2.81. The normalized spacial score (nSPS) is 12.6. The summed E-state index contributed by atoms with van der Waals surface area (Å²) in [6.07, 6.45) is 1.97. The van der Waals surface area contributed by atoms with E-state index in [0.717, 1.165) is 16.5 Å². The van der Waals surface area contributed by atoms with Gasteiger partial charge in [-0.05, 0) is 11.6 Å². The Morgan fingerprint density at radius 1 is 1.30 bits per heavy atom. The van der Waals surface area contributed by atoms with Gasteiger partial charge in [-0.3, -0.25) is 4.79 Å². The Bertz CT molecular complexity index is 631. The van der Waals surface area contributed by atoms with Gasteiger partial charge in [0.25, 0.3) is 0 Å². The Hall–Kier alpha value is -2.30. The lowest BCUT2D eigenvalue weighted by atomic mass is 10.0. The van der Waals surface area contributed by atoms with Gasteiger partial charge in [0.2, 0.25) is 5.91 Å². The van der Waals surface area contributed by atoms with Crippen molar-refractivity contribution in [1.29, 1.82) is 0 Å². The lowest BCUT2D eigenvalue weighted by Gasteiger charge is -2.20. The van der Waals surface area contributed by atoms with Crippen LogP contribution in [0.15, 0.2) is 30.5 Å². The minimum absolute atomic E-state index is 0.199. The van der Waals surface area contributed by atoms with E-state index < -0.39 is 12.0 Å². The van der Waals surface area contributed by atoms with Crippen molar-refractivity contribution in [2.45, 2.75) is 26.3 Å². The summed E-state index contributed by atoms with van der Waals surface area (Å²) in [4.78, 5) is 25.9. The topological polar surface area (TPSA) is 85.0 Å². The highest BCUT2D eigenvalue weighted by atomic mass is 16.4. The molecule has 0 saturated heterocycles. The van der Waals surface area contributed by atoms with Crippen molar-refractivity contribution >= 4 is 22.8 Å². The molecule has 0 aliphatic rings. The van der Waals surface area contributed by atoms with E-state index in [1.807, 2.05) is 24.3 Å². The summed E-state index contributed by atoms with van der Waals surface area (Å²) in [5.74, 6) is -1.83.